The van der Waals surface area contributed by atoms with Crippen LogP contribution in [0.1, 0.15) is 57.6 Å². The number of alkyl halides is 9. The van der Waals surface area contributed by atoms with Gasteiger partial charge in [0, 0.05) is 75.8 Å². The molecule has 8 heterocycles. The molecule has 8 aromatic heterocycles. The van der Waals surface area contributed by atoms with E-state index in [1.165, 1.54) is 0 Å². The Morgan fingerprint density at radius 1 is 0.333 bits per heavy atom. The summed E-state index contributed by atoms with van der Waals surface area (Å²) in [5, 5.41) is 0. The van der Waals surface area contributed by atoms with E-state index in [1.54, 1.807) is 0 Å². The molecule has 0 saturated heterocycles. The SMILES string of the molecule is O=S(=O)([O-])C(F)(F)F.O=S(=O)([O-])C(F)(F)F.O=S(=O)([O-])C(F)(F)F.[Mn+3].[Mn+3].[O-][Cl+3]([O-])([O-])[O-].c1ccc(CN(Cc2ccccn2)C(c2ccccn2)c2ccccn2)nc1.c1ccc(CN(Cc2ccccn2)C(c2ccccn2)c2ccccn2)nc1. The van der Waals surface area contributed by atoms with E-state index in [4.69, 9.17) is 57.5 Å². The summed E-state index contributed by atoms with van der Waals surface area (Å²) in [6, 6.07) is 47.7. The smallest absolute Gasteiger partial charge is 0.741 e. The largest absolute Gasteiger partial charge is 3.00 e. The van der Waals surface area contributed by atoms with Crippen LogP contribution in [-0.2, 0) is 90.7 Å². The van der Waals surface area contributed by atoms with Crippen molar-refractivity contribution in [1.82, 2.24) is 49.7 Å². The summed E-state index contributed by atoms with van der Waals surface area (Å²) in [6.45, 7) is 2.65. The standard InChI is InChI=1S/2C23H21N5.3CHF3O3S.ClHO4.2Mn/c2*1-5-13-24-19(9-1)17-28(18-20-10-2-6-14-25-20)23(21-11-3-7-15-26-21)22-12-4-8-16-27-22;3*2-1(3,4)8(5,6)7;2-1(3,4)5;;/h2*1-16,23H,17-18H2;3*(H,5,6,7);(H,2,3,4,5);;/q;;;;;;2*+3/p-4. The molecule has 0 bridgehead atoms. The molecule has 466 valence electrons. The van der Waals surface area contributed by atoms with Crippen molar-refractivity contribution in [3.8, 4) is 0 Å². The summed E-state index contributed by atoms with van der Waals surface area (Å²) in [7, 11) is -23.2. The molecular formula is C49H42ClF9Mn2N10O13S3+2. The van der Waals surface area contributed by atoms with Gasteiger partial charge in [-0.3, -0.25) is 49.7 Å². The Hall–Kier alpha value is -6.61. The maximum atomic E-state index is 10.7. The average molecular weight is 1390 g/mol. The Morgan fingerprint density at radius 2 is 0.483 bits per heavy atom. The van der Waals surface area contributed by atoms with Gasteiger partial charge in [0.05, 0.1) is 57.6 Å². The van der Waals surface area contributed by atoms with Crippen molar-refractivity contribution in [2.45, 2.75) is 54.8 Å². The summed E-state index contributed by atoms with van der Waals surface area (Å²) < 4.78 is 211. The first-order chi connectivity index (χ1) is 39.5. The van der Waals surface area contributed by atoms with E-state index in [0.29, 0.717) is 26.2 Å². The third kappa shape index (κ3) is 30.7. The number of hydrogen-bond donors (Lipinski definition) is 0. The molecule has 0 N–H and O–H groups in total. The van der Waals surface area contributed by atoms with Gasteiger partial charge in [0.25, 0.3) is 0 Å². The van der Waals surface area contributed by atoms with Gasteiger partial charge < -0.3 is 13.7 Å². The van der Waals surface area contributed by atoms with Crippen molar-refractivity contribution in [3.63, 3.8) is 0 Å². The molecule has 0 saturated carbocycles. The molecule has 0 aliphatic carbocycles. The minimum atomic E-state index is -6.09. The number of halogens is 10. The molecule has 0 aliphatic rings. The first-order valence-corrected chi connectivity index (χ1v) is 28.4. The maximum absolute atomic E-state index is 10.7. The summed E-state index contributed by atoms with van der Waals surface area (Å²) in [5.74, 6) is 0. The van der Waals surface area contributed by atoms with Gasteiger partial charge in [0.15, 0.2) is 30.4 Å². The quantitative estimate of drug-likeness (QED) is 0.0650. The van der Waals surface area contributed by atoms with E-state index >= 15 is 0 Å². The Balaban J connectivity index is 0.000000594. The van der Waals surface area contributed by atoms with Gasteiger partial charge >= 0.3 is 50.7 Å². The summed E-state index contributed by atoms with van der Waals surface area (Å²) in [4.78, 5) is 41.3. The fraction of sp³-hybridized carbons (Fsp3) is 0.184. The summed E-state index contributed by atoms with van der Waals surface area (Å²) in [6.07, 6.45) is 14.6. The van der Waals surface area contributed by atoms with Crippen LogP contribution in [0, 0.1) is 10.2 Å². The van der Waals surface area contributed by atoms with E-state index < -0.39 is 57.1 Å². The van der Waals surface area contributed by atoms with Crippen LogP contribution in [0.5, 0.6) is 0 Å². The first-order valence-electron chi connectivity index (χ1n) is 22.9. The Labute approximate surface area is 514 Å². The molecule has 38 heteroatoms. The van der Waals surface area contributed by atoms with Crippen LogP contribution in [-0.4, -0.2) is 105 Å². The van der Waals surface area contributed by atoms with Gasteiger partial charge in [-0.2, -0.15) is 39.5 Å². The van der Waals surface area contributed by atoms with Crippen molar-refractivity contribution >= 4 is 30.4 Å². The number of rotatable bonds is 14. The molecule has 0 fully saturated rings. The molecular weight excluding hydrogens is 1350 g/mol. The topological polar surface area (TPSA) is 373 Å². The Kier molecular flexibility index (Phi) is 33.0. The maximum Gasteiger partial charge on any atom is 3.00 e. The molecule has 0 amide bonds. The Bertz CT molecular complexity index is 3090. The third-order valence-electron chi connectivity index (χ3n) is 9.82. The second-order valence-electron chi connectivity index (χ2n) is 16.0. The van der Waals surface area contributed by atoms with Crippen molar-refractivity contribution in [2.24, 2.45) is 0 Å². The van der Waals surface area contributed by atoms with Gasteiger partial charge in [0.2, 0.25) is 0 Å². The zero-order valence-electron chi connectivity index (χ0n) is 43.5. The van der Waals surface area contributed by atoms with Crippen LogP contribution in [0.3, 0.4) is 0 Å². The second kappa shape index (κ2) is 36.6. The Morgan fingerprint density at radius 3 is 0.598 bits per heavy atom. The van der Waals surface area contributed by atoms with Crippen molar-refractivity contribution in [1.29, 1.82) is 0 Å². The molecule has 23 nitrogen and oxygen atoms in total. The zero-order valence-corrected chi connectivity index (χ0v) is 49.1. The van der Waals surface area contributed by atoms with Crippen LogP contribution in [0.2, 0.25) is 0 Å². The zero-order chi connectivity index (χ0) is 63.5. The van der Waals surface area contributed by atoms with E-state index in [1.807, 2.05) is 195 Å². The van der Waals surface area contributed by atoms with Crippen LogP contribution in [0.25, 0.3) is 0 Å². The van der Waals surface area contributed by atoms with Crippen LogP contribution in [0.15, 0.2) is 195 Å². The summed E-state index contributed by atoms with van der Waals surface area (Å²) >= 11 is 0. The minimum Gasteiger partial charge on any atom is -0.741 e. The van der Waals surface area contributed by atoms with E-state index in [9.17, 15) is 39.5 Å². The van der Waals surface area contributed by atoms with E-state index in [0.717, 1.165) is 45.6 Å². The van der Waals surface area contributed by atoms with Crippen LogP contribution in [0.4, 0.5) is 39.5 Å². The molecule has 87 heavy (non-hydrogen) atoms. The molecule has 0 unspecified atom stereocenters. The predicted molar refractivity (Wildman–Crippen MR) is 263 cm³/mol. The van der Waals surface area contributed by atoms with E-state index in [2.05, 4.69) is 49.7 Å². The van der Waals surface area contributed by atoms with Crippen LogP contribution < -0.4 is 18.6 Å². The fourth-order valence-corrected chi connectivity index (χ4v) is 6.48. The van der Waals surface area contributed by atoms with Gasteiger partial charge in [-0.15, -0.1) is 10.2 Å². The van der Waals surface area contributed by atoms with Gasteiger partial charge in [0.1, 0.15) is 0 Å². The molecule has 0 atom stereocenters. The number of hydrogen-bond acceptors (Lipinski definition) is 23. The van der Waals surface area contributed by atoms with Crippen molar-refractivity contribution < 1.29 is 141 Å². The van der Waals surface area contributed by atoms with Gasteiger partial charge in [-0.1, -0.05) is 48.5 Å². The van der Waals surface area contributed by atoms with Gasteiger partial charge in [-0.25, -0.2) is 43.9 Å². The molecule has 0 spiro atoms. The fourth-order valence-electron chi connectivity index (χ4n) is 6.48. The second-order valence-corrected chi connectivity index (χ2v) is 20.9. The normalized spacial score (nSPS) is 11.7. The monoisotopic (exact) mass is 1390 g/mol. The van der Waals surface area contributed by atoms with E-state index in [-0.39, 0.29) is 46.2 Å². The average Bonchev–Trinajstić information content (AvgIpc) is 3.56. The minimum absolute atomic E-state index is 0. The number of aromatic nitrogens is 8. The summed E-state index contributed by atoms with van der Waals surface area (Å²) in [5.41, 5.74) is -9.15. The van der Waals surface area contributed by atoms with Crippen molar-refractivity contribution in [2.75, 3.05) is 0 Å². The molecule has 0 radical (unpaired) electrons. The molecule has 8 rings (SSSR count). The molecule has 8 aromatic rings. The third-order valence-corrected chi connectivity index (χ3v) is 11.5. The van der Waals surface area contributed by atoms with Crippen molar-refractivity contribution in [3.05, 3.63) is 241 Å². The molecule has 0 aromatic carbocycles. The number of nitrogens with zero attached hydrogens (tertiary/aromatic N) is 10. The predicted octanol–water partition coefficient (Wildman–Crippen LogP) is 3.51. The van der Waals surface area contributed by atoms with Crippen LogP contribution >= 0.6 is 0 Å². The molecule has 0 aliphatic heterocycles. The van der Waals surface area contributed by atoms with Gasteiger partial charge in [-0.05, 0) is 97.1 Å². The number of pyridine rings is 8. The first kappa shape index (κ1) is 78.4.